The Kier molecular flexibility index (Phi) is 3.35. The summed E-state index contributed by atoms with van der Waals surface area (Å²) in [5, 5.41) is 9.31. The fourth-order valence-corrected chi connectivity index (χ4v) is 1.56. The van der Waals surface area contributed by atoms with Gasteiger partial charge in [-0.2, -0.15) is 8.78 Å². The van der Waals surface area contributed by atoms with E-state index < -0.39 is 17.3 Å². The molecule has 0 aliphatic carbocycles. The van der Waals surface area contributed by atoms with Crippen LogP contribution in [-0.2, 0) is 5.92 Å². The summed E-state index contributed by atoms with van der Waals surface area (Å²) < 4.78 is 40.2. The molecule has 0 aliphatic rings. The summed E-state index contributed by atoms with van der Waals surface area (Å²) in [6, 6.07) is 2.99. The molecule has 15 heavy (non-hydrogen) atoms. The van der Waals surface area contributed by atoms with Crippen LogP contribution in [0.3, 0.4) is 0 Å². The Morgan fingerprint density at radius 1 is 1.27 bits per heavy atom. The van der Waals surface area contributed by atoms with Gasteiger partial charge in [-0.05, 0) is 54.6 Å². The fourth-order valence-electron chi connectivity index (χ4n) is 1.04. The van der Waals surface area contributed by atoms with Gasteiger partial charge in [0.15, 0.2) is 0 Å². The summed E-state index contributed by atoms with van der Waals surface area (Å²) in [5.41, 5.74) is -2.56. The van der Waals surface area contributed by atoms with Gasteiger partial charge in [0.25, 0.3) is 0 Å². The van der Waals surface area contributed by atoms with Crippen LogP contribution in [0.25, 0.3) is 0 Å². The van der Waals surface area contributed by atoms with Crippen molar-refractivity contribution in [1.82, 2.24) is 0 Å². The minimum atomic E-state index is -3.40. The smallest absolute Gasteiger partial charge is 0.300 e. The van der Waals surface area contributed by atoms with Crippen molar-refractivity contribution in [2.45, 2.75) is 25.4 Å². The molecule has 0 radical (unpaired) electrons. The van der Waals surface area contributed by atoms with Gasteiger partial charge in [-0.15, -0.1) is 0 Å². The molecule has 0 atom stereocenters. The molecule has 0 unspecified atom stereocenters. The second-order valence-corrected chi connectivity index (χ2v) is 4.92. The lowest BCUT2D eigenvalue weighted by Crippen LogP contribution is -2.40. The van der Waals surface area contributed by atoms with E-state index >= 15 is 0 Å². The van der Waals surface area contributed by atoms with Crippen LogP contribution < -0.4 is 0 Å². The molecule has 0 aromatic heterocycles. The number of hydrogen-bond donors (Lipinski definition) is 1. The highest BCUT2D eigenvalue weighted by molar-refractivity contribution is 14.1. The summed E-state index contributed by atoms with van der Waals surface area (Å²) in [4.78, 5) is 0. The second-order valence-electron chi connectivity index (χ2n) is 3.76. The molecule has 0 fully saturated rings. The maximum atomic E-state index is 13.6. The number of hydrogen-bond acceptors (Lipinski definition) is 1. The standard InChI is InChI=1S/C10H10F3IO/c1-9(2,15)10(12,13)6-3-4-7(11)8(14)5-6/h3-5,15H,1-2H3. The maximum Gasteiger partial charge on any atom is 0.300 e. The molecule has 0 bridgehead atoms. The number of alkyl halides is 2. The molecule has 84 valence electrons. The largest absolute Gasteiger partial charge is 0.384 e. The summed E-state index contributed by atoms with van der Waals surface area (Å²) in [5.74, 6) is -3.95. The van der Waals surface area contributed by atoms with E-state index in [1.807, 2.05) is 0 Å². The van der Waals surface area contributed by atoms with Crippen molar-refractivity contribution < 1.29 is 18.3 Å². The van der Waals surface area contributed by atoms with Gasteiger partial charge in [-0.1, -0.05) is 0 Å². The predicted octanol–water partition coefficient (Wildman–Crippen LogP) is 3.29. The first-order valence-corrected chi connectivity index (χ1v) is 5.30. The molecule has 0 saturated carbocycles. The molecule has 1 aromatic rings. The SMILES string of the molecule is CC(C)(O)C(F)(F)c1ccc(F)c(I)c1. The van der Waals surface area contributed by atoms with Crippen LogP contribution in [-0.4, -0.2) is 10.7 Å². The first kappa shape index (κ1) is 12.8. The Bertz CT molecular complexity index is 371. The van der Waals surface area contributed by atoms with Crippen molar-refractivity contribution in [2.75, 3.05) is 0 Å². The predicted molar refractivity (Wildman–Crippen MR) is 59.3 cm³/mol. The monoisotopic (exact) mass is 330 g/mol. The lowest BCUT2D eigenvalue weighted by molar-refractivity contribution is -0.168. The van der Waals surface area contributed by atoms with E-state index in [1.54, 1.807) is 22.6 Å². The van der Waals surface area contributed by atoms with Crippen molar-refractivity contribution in [3.63, 3.8) is 0 Å². The zero-order valence-electron chi connectivity index (χ0n) is 8.19. The topological polar surface area (TPSA) is 20.2 Å². The number of benzene rings is 1. The van der Waals surface area contributed by atoms with E-state index in [9.17, 15) is 18.3 Å². The van der Waals surface area contributed by atoms with Crippen molar-refractivity contribution in [3.05, 3.63) is 33.1 Å². The van der Waals surface area contributed by atoms with Crippen LogP contribution in [0.4, 0.5) is 13.2 Å². The minimum absolute atomic E-state index is 0.106. The Labute approximate surface area is 99.4 Å². The molecular weight excluding hydrogens is 320 g/mol. The lowest BCUT2D eigenvalue weighted by atomic mass is 9.93. The average molecular weight is 330 g/mol. The van der Waals surface area contributed by atoms with E-state index in [-0.39, 0.29) is 9.13 Å². The molecule has 0 saturated heterocycles. The first-order chi connectivity index (χ1) is 6.66. The molecule has 0 amide bonds. The molecule has 0 aliphatic heterocycles. The number of halogens is 4. The van der Waals surface area contributed by atoms with Crippen LogP contribution in [0, 0.1) is 9.39 Å². The highest BCUT2D eigenvalue weighted by Crippen LogP contribution is 2.39. The van der Waals surface area contributed by atoms with Crippen molar-refractivity contribution in [3.8, 4) is 0 Å². The van der Waals surface area contributed by atoms with Gasteiger partial charge in [-0.3, -0.25) is 0 Å². The van der Waals surface area contributed by atoms with Crippen LogP contribution in [0.2, 0.25) is 0 Å². The summed E-state index contributed by atoms with van der Waals surface area (Å²) >= 11 is 1.63. The summed E-state index contributed by atoms with van der Waals surface area (Å²) in [6.45, 7) is 2.03. The van der Waals surface area contributed by atoms with Crippen LogP contribution >= 0.6 is 22.6 Å². The molecule has 0 spiro atoms. The number of aliphatic hydroxyl groups is 1. The molecule has 1 nitrogen and oxygen atoms in total. The van der Waals surface area contributed by atoms with Gasteiger partial charge in [0.05, 0.1) is 0 Å². The average Bonchev–Trinajstić information content (AvgIpc) is 2.07. The Morgan fingerprint density at radius 3 is 2.20 bits per heavy atom. The maximum absolute atomic E-state index is 13.6. The normalized spacial score (nSPS) is 13.0. The van der Waals surface area contributed by atoms with E-state index in [1.165, 1.54) is 0 Å². The van der Waals surface area contributed by atoms with Gasteiger partial charge < -0.3 is 5.11 Å². The highest BCUT2D eigenvalue weighted by Gasteiger charge is 2.47. The molecule has 1 aromatic carbocycles. The van der Waals surface area contributed by atoms with Crippen molar-refractivity contribution >= 4 is 22.6 Å². The van der Waals surface area contributed by atoms with E-state index in [4.69, 9.17) is 0 Å². The quantitative estimate of drug-likeness (QED) is 0.825. The van der Waals surface area contributed by atoms with Crippen LogP contribution in [0.1, 0.15) is 19.4 Å². The van der Waals surface area contributed by atoms with E-state index in [0.717, 1.165) is 32.0 Å². The van der Waals surface area contributed by atoms with Gasteiger partial charge in [-0.25, -0.2) is 4.39 Å². The highest BCUT2D eigenvalue weighted by atomic mass is 127. The van der Waals surface area contributed by atoms with Gasteiger partial charge >= 0.3 is 5.92 Å². The third-order valence-corrected chi connectivity index (χ3v) is 2.88. The Balaban J connectivity index is 3.22. The molecule has 1 rings (SSSR count). The number of rotatable bonds is 2. The Hall–Kier alpha value is -0.300. The first-order valence-electron chi connectivity index (χ1n) is 4.22. The van der Waals surface area contributed by atoms with Gasteiger partial charge in [0.2, 0.25) is 0 Å². The van der Waals surface area contributed by atoms with Crippen molar-refractivity contribution in [1.29, 1.82) is 0 Å². The van der Waals surface area contributed by atoms with Crippen molar-refractivity contribution in [2.24, 2.45) is 0 Å². The molecule has 0 heterocycles. The minimum Gasteiger partial charge on any atom is -0.384 e. The fraction of sp³-hybridized carbons (Fsp3) is 0.400. The zero-order chi connectivity index (χ0) is 11.9. The lowest BCUT2D eigenvalue weighted by Gasteiger charge is -2.29. The summed E-state index contributed by atoms with van der Waals surface area (Å²) in [7, 11) is 0. The van der Waals surface area contributed by atoms with E-state index in [0.29, 0.717) is 0 Å². The van der Waals surface area contributed by atoms with Gasteiger partial charge in [0.1, 0.15) is 11.4 Å². The second kappa shape index (κ2) is 3.93. The molecular formula is C10H10F3IO. The summed E-state index contributed by atoms with van der Waals surface area (Å²) in [6.07, 6.45) is 0. The Morgan fingerprint density at radius 2 is 1.80 bits per heavy atom. The molecule has 1 N–H and O–H groups in total. The third-order valence-electron chi connectivity index (χ3n) is 2.05. The van der Waals surface area contributed by atoms with Crippen LogP contribution in [0.5, 0.6) is 0 Å². The third kappa shape index (κ3) is 2.44. The van der Waals surface area contributed by atoms with E-state index in [2.05, 4.69) is 0 Å². The van der Waals surface area contributed by atoms with Gasteiger partial charge in [0, 0.05) is 9.13 Å². The zero-order valence-corrected chi connectivity index (χ0v) is 10.3. The molecule has 5 heteroatoms. The van der Waals surface area contributed by atoms with Crippen LogP contribution in [0.15, 0.2) is 18.2 Å².